The van der Waals surface area contributed by atoms with Gasteiger partial charge in [0.2, 0.25) is 0 Å². The number of carbonyl (C=O) groups is 2. The van der Waals surface area contributed by atoms with Crippen LogP contribution in [0.1, 0.15) is 23.2 Å². The molecule has 136 valence electrons. The van der Waals surface area contributed by atoms with Crippen molar-refractivity contribution < 1.29 is 18.4 Å². The molecule has 3 amide bonds. The summed E-state index contributed by atoms with van der Waals surface area (Å²) in [4.78, 5) is 26.1. The molecule has 0 unspecified atom stereocenters. The van der Waals surface area contributed by atoms with Gasteiger partial charge in [-0.15, -0.1) is 0 Å². The van der Waals surface area contributed by atoms with Crippen molar-refractivity contribution in [1.29, 1.82) is 0 Å². The smallest absolute Gasteiger partial charge is 0.321 e. The van der Waals surface area contributed by atoms with Crippen LogP contribution in [0.25, 0.3) is 0 Å². The van der Waals surface area contributed by atoms with Crippen molar-refractivity contribution in [2.75, 3.05) is 18.4 Å². The number of halogens is 2. The van der Waals surface area contributed by atoms with Gasteiger partial charge in [0.05, 0.1) is 0 Å². The van der Waals surface area contributed by atoms with E-state index in [0.29, 0.717) is 25.9 Å². The first-order chi connectivity index (χ1) is 12.5. The van der Waals surface area contributed by atoms with Gasteiger partial charge >= 0.3 is 6.03 Å². The number of hydrogen-bond acceptors (Lipinski definition) is 2. The predicted molar refractivity (Wildman–Crippen MR) is 93.9 cm³/mol. The second-order valence-corrected chi connectivity index (χ2v) is 6.19. The lowest BCUT2D eigenvalue weighted by Crippen LogP contribution is -2.47. The maximum Gasteiger partial charge on any atom is 0.321 e. The van der Waals surface area contributed by atoms with E-state index in [0.717, 1.165) is 23.9 Å². The van der Waals surface area contributed by atoms with Crippen LogP contribution >= 0.6 is 0 Å². The number of amides is 3. The lowest BCUT2D eigenvalue weighted by Gasteiger charge is -2.32. The molecule has 26 heavy (non-hydrogen) atoms. The van der Waals surface area contributed by atoms with Gasteiger partial charge in [-0.05, 0) is 37.1 Å². The number of urea groups is 1. The van der Waals surface area contributed by atoms with Crippen LogP contribution < -0.4 is 10.6 Å². The zero-order valence-electron chi connectivity index (χ0n) is 14.0. The molecule has 7 heteroatoms. The van der Waals surface area contributed by atoms with E-state index in [1.165, 1.54) is 0 Å². The molecule has 1 heterocycles. The Kier molecular flexibility index (Phi) is 5.46. The van der Waals surface area contributed by atoms with Crippen LogP contribution in [0.5, 0.6) is 0 Å². The summed E-state index contributed by atoms with van der Waals surface area (Å²) in [5, 5.41) is 5.59. The van der Waals surface area contributed by atoms with Crippen molar-refractivity contribution in [3.05, 3.63) is 65.7 Å². The molecule has 0 aliphatic carbocycles. The summed E-state index contributed by atoms with van der Waals surface area (Å²) >= 11 is 0. The second kappa shape index (κ2) is 7.95. The minimum atomic E-state index is -0.789. The predicted octanol–water partition coefficient (Wildman–Crippen LogP) is 3.39. The second-order valence-electron chi connectivity index (χ2n) is 6.19. The number of anilines is 1. The van der Waals surface area contributed by atoms with Crippen molar-refractivity contribution in [3.8, 4) is 0 Å². The number of piperidine rings is 1. The molecular formula is C19H19F2N3O2. The molecular weight excluding hydrogens is 340 g/mol. The molecule has 0 bridgehead atoms. The van der Waals surface area contributed by atoms with Crippen molar-refractivity contribution in [1.82, 2.24) is 10.2 Å². The Morgan fingerprint density at radius 2 is 1.58 bits per heavy atom. The zero-order chi connectivity index (χ0) is 18.5. The fourth-order valence-corrected chi connectivity index (χ4v) is 2.90. The van der Waals surface area contributed by atoms with Gasteiger partial charge in [-0.3, -0.25) is 4.79 Å². The molecule has 0 spiro atoms. The monoisotopic (exact) mass is 359 g/mol. The molecule has 0 saturated carbocycles. The van der Waals surface area contributed by atoms with E-state index in [9.17, 15) is 18.4 Å². The number of para-hydroxylation sites is 1. The molecule has 0 radical (unpaired) electrons. The fraction of sp³-hybridized carbons (Fsp3) is 0.263. The summed E-state index contributed by atoms with van der Waals surface area (Å²) in [5.41, 5.74) is 0.674. The first-order valence-electron chi connectivity index (χ1n) is 8.39. The van der Waals surface area contributed by atoms with E-state index in [4.69, 9.17) is 0 Å². The number of likely N-dealkylation sites (tertiary alicyclic amines) is 1. The third kappa shape index (κ3) is 4.56. The van der Waals surface area contributed by atoms with Gasteiger partial charge in [0.25, 0.3) is 5.91 Å². The normalized spacial score (nSPS) is 14.8. The molecule has 0 atom stereocenters. The van der Waals surface area contributed by atoms with Crippen LogP contribution in [0.15, 0.2) is 48.5 Å². The highest BCUT2D eigenvalue weighted by Gasteiger charge is 2.24. The maximum absolute atomic E-state index is 13.2. The maximum atomic E-state index is 13.2. The Bertz CT molecular complexity index is 770. The Labute approximate surface area is 150 Å². The van der Waals surface area contributed by atoms with E-state index in [-0.39, 0.29) is 17.6 Å². The van der Waals surface area contributed by atoms with Gasteiger partial charge in [-0.25, -0.2) is 13.6 Å². The molecule has 1 aliphatic rings. The zero-order valence-corrected chi connectivity index (χ0v) is 14.0. The topological polar surface area (TPSA) is 61.4 Å². The minimum absolute atomic E-state index is 0.0493. The van der Waals surface area contributed by atoms with E-state index >= 15 is 0 Å². The third-order valence-electron chi connectivity index (χ3n) is 4.27. The average Bonchev–Trinajstić information content (AvgIpc) is 2.62. The molecule has 2 N–H and O–H groups in total. The number of nitrogens with zero attached hydrogens (tertiary/aromatic N) is 1. The highest BCUT2D eigenvalue weighted by Crippen LogP contribution is 2.15. The standard InChI is InChI=1S/C19H19F2N3O2/c20-14-10-13(11-15(21)12-14)18(25)22-17-6-8-24(9-7-17)19(26)23-16-4-2-1-3-5-16/h1-5,10-12,17H,6-9H2,(H,22,25)(H,23,26). The summed E-state index contributed by atoms with van der Waals surface area (Å²) in [5.74, 6) is -2.10. The lowest BCUT2D eigenvalue weighted by molar-refractivity contribution is 0.0918. The largest absolute Gasteiger partial charge is 0.349 e. The van der Waals surface area contributed by atoms with Crippen molar-refractivity contribution in [3.63, 3.8) is 0 Å². The van der Waals surface area contributed by atoms with Gasteiger partial charge < -0.3 is 15.5 Å². The van der Waals surface area contributed by atoms with Gasteiger partial charge in [-0.1, -0.05) is 18.2 Å². The van der Waals surface area contributed by atoms with E-state index in [1.807, 2.05) is 30.3 Å². The van der Waals surface area contributed by atoms with Gasteiger partial charge in [0.1, 0.15) is 11.6 Å². The number of rotatable bonds is 3. The number of hydrogen-bond donors (Lipinski definition) is 2. The van der Waals surface area contributed by atoms with Crippen LogP contribution in [0.4, 0.5) is 19.3 Å². The van der Waals surface area contributed by atoms with Crippen LogP contribution in [0, 0.1) is 11.6 Å². The Balaban J connectivity index is 1.50. The number of benzene rings is 2. The highest BCUT2D eigenvalue weighted by atomic mass is 19.1. The molecule has 1 aliphatic heterocycles. The first-order valence-corrected chi connectivity index (χ1v) is 8.39. The van der Waals surface area contributed by atoms with E-state index < -0.39 is 17.5 Å². The van der Waals surface area contributed by atoms with Gasteiger partial charge in [0, 0.05) is 36.4 Å². The summed E-state index contributed by atoms with van der Waals surface area (Å²) in [6.07, 6.45) is 1.15. The third-order valence-corrected chi connectivity index (χ3v) is 4.27. The first kappa shape index (κ1) is 17.8. The average molecular weight is 359 g/mol. The molecule has 5 nitrogen and oxygen atoms in total. The van der Waals surface area contributed by atoms with Crippen LogP contribution in [-0.4, -0.2) is 36.0 Å². The Morgan fingerprint density at radius 1 is 0.962 bits per heavy atom. The van der Waals surface area contributed by atoms with Crippen LogP contribution in [-0.2, 0) is 0 Å². The van der Waals surface area contributed by atoms with Crippen LogP contribution in [0.2, 0.25) is 0 Å². The molecule has 0 aromatic heterocycles. The van der Waals surface area contributed by atoms with Crippen molar-refractivity contribution >= 4 is 17.6 Å². The van der Waals surface area contributed by atoms with Crippen molar-refractivity contribution in [2.24, 2.45) is 0 Å². The van der Waals surface area contributed by atoms with Crippen molar-refractivity contribution in [2.45, 2.75) is 18.9 Å². The molecule has 1 saturated heterocycles. The Morgan fingerprint density at radius 3 is 2.19 bits per heavy atom. The van der Waals surface area contributed by atoms with E-state index in [1.54, 1.807) is 4.90 Å². The lowest BCUT2D eigenvalue weighted by atomic mass is 10.0. The summed E-state index contributed by atoms with van der Waals surface area (Å²) < 4.78 is 26.4. The van der Waals surface area contributed by atoms with Gasteiger partial charge in [0.15, 0.2) is 0 Å². The number of nitrogens with one attached hydrogen (secondary N) is 2. The molecule has 2 aromatic rings. The van der Waals surface area contributed by atoms with E-state index in [2.05, 4.69) is 10.6 Å². The van der Waals surface area contributed by atoms with Gasteiger partial charge in [-0.2, -0.15) is 0 Å². The fourth-order valence-electron chi connectivity index (χ4n) is 2.90. The SMILES string of the molecule is O=C(NC1CCN(C(=O)Nc2ccccc2)CC1)c1cc(F)cc(F)c1. The molecule has 3 rings (SSSR count). The highest BCUT2D eigenvalue weighted by molar-refractivity contribution is 5.94. The molecule has 1 fully saturated rings. The Hall–Kier alpha value is -2.96. The minimum Gasteiger partial charge on any atom is -0.349 e. The van der Waals surface area contributed by atoms with Crippen LogP contribution in [0.3, 0.4) is 0 Å². The number of carbonyl (C=O) groups excluding carboxylic acids is 2. The summed E-state index contributed by atoms with van der Waals surface area (Å²) in [6, 6.07) is 11.6. The summed E-state index contributed by atoms with van der Waals surface area (Å²) in [7, 11) is 0. The summed E-state index contributed by atoms with van der Waals surface area (Å²) in [6.45, 7) is 0.974. The molecule has 2 aromatic carbocycles. The quantitative estimate of drug-likeness (QED) is 0.882.